The molecule has 3 aromatic carbocycles. The zero-order valence-electron chi connectivity index (χ0n) is 19.9. The van der Waals surface area contributed by atoms with Gasteiger partial charge in [0.1, 0.15) is 6.54 Å². The van der Waals surface area contributed by atoms with E-state index in [9.17, 15) is 9.59 Å². The highest BCUT2D eigenvalue weighted by Crippen LogP contribution is 2.19. The number of amides is 2. The molecule has 180 valence electrons. The number of benzene rings is 3. The van der Waals surface area contributed by atoms with Crippen LogP contribution in [0.15, 0.2) is 89.5 Å². The second-order valence-corrected chi connectivity index (χ2v) is 9.56. The van der Waals surface area contributed by atoms with Crippen LogP contribution < -0.4 is 0 Å². The number of carbonyl (C=O) groups is 2. The predicted molar refractivity (Wildman–Crippen MR) is 144 cm³/mol. The summed E-state index contributed by atoms with van der Waals surface area (Å²) in [6, 6.07) is 25.5. The van der Waals surface area contributed by atoms with E-state index in [0.29, 0.717) is 25.2 Å². The van der Waals surface area contributed by atoms with Crippen molar-refractivity contribution >= 4 is 38.6 Å². The maximum Gasteiger partial charge on any atom is 0.254 e. The summed E-state index contributed by atoms with van der Waals surface area (Å²) in [5.41, 5.74) is 3.92. The van der Waals surface area contributed by atoms with Crippen molar-refractivity contribution in [3.63, 3.8) is 0 Å². The number of nitrogens with one attached hydrogen (secondary N) is 1. The van der Waals surface area contributed by atoms with Crippen LogP contribution in [-0.4, -0.2) is 46.2 Å². The molecule has 1 heterocycles. The summed E-state index contributed by atoms with van der Waals surface area (Å²) in [6.07, 6.45) is 3.53. The Kier molecular flexibility index (Phi) is 8.37. The van der Waals surface area contributed by atoms with E-state index in [1.165, 1.54) is 10.9 Å². The normalized spacial score (nSPS) is 10.9. The van der Waals surface area contributed by atoms with Gasteiger partial charge in [-0.1, -0.05) is 77.5 Å². The Hall–Kier alpha value is -3.38. The molecule has 5 nitrogen and oxygen atoms in total. The summed E-state index contributed by atoms with van der Waals surface area (Å²) in [5, 5.41) is 1.18. The topological polar surface area (TPSA) is 56.4 Å². The number of halogens is 1. The molecule has 0 radical (unpaired) electrons. The molecule has 0 aliphatic rings. The standard InChI is InChI=1S/C29H30BrN3O2/c1-2-16-33(29(35)23-11-8-12-25(30)18-23)21-28(34)32(20-22-9-4-3-5-10-22)17-15-24-19-31-27-14-7-6-13-26(24)27/h3-14,18-19,31H,2,15-17,20-21H2,1H3. The van der Waals surface area contributed by atoms with Crippen LogP contribution in [0.3, 0.4) is 0 Å². The van der Waals surface area contributed by atoms with Crippen molar-refractivity contribution in [2.75, 3.05) is 19.6 Å². The van der Waals surface area contributed by atoms with Crippen molar-refractivity contribution in [2.45, 2.75) is 26.3 Å². The molecule has 4 rings (SSSR count). The number of carbonyl (C=O) groups excluding carboxylic acids is 2. The third-order valence-electron chi connectivity index (χ3n) is 6.07. The largest absolute Gasteiger partial charge is 0.361 e. The first-order valence-electron chi connectivity index (χ1n) is 12.0. The van der Waals surface area contributed by atoms with Crippen LogP contribution in [-0.2, 0) is 17.8 Å². The van der Waals surface area contributed by atoms with E-state index < -0.39 is 0 Å². The summed E-state index contributed by atoms with van der Waals surface area (Å²) in [6.45, 7) is 3.68. The molecule has 0 unspecified atom stereocenters. The van der Waals surface area contributed by atoms with Gasteiger partial charge in [0.15, 0.2) is 0 Å². The van der Waals surface area contributed by atoms with Gasteiger partial charge in [-0.25, -0.2) is 0 Å². The number of para-hydroxylation sites is 1. The highest BCUT2D eigenvalue weighted by Gasteiger charge is 2.22. The van der Waals surface area contributed by atoms with Crippen LogP contribution >= 0.6 is 15.9 Å². The van der Waals surface area contributed by atoms with Crippen LogP contribution in [0.5, 0.6) is 0 Å². The Labute approximate surface area is 214 Å². The van der Waals surface area contributed by atoms with Gasteiger partial charge in [-0.15, -0.1) is 0 Å². The van der Waals surface area contributed by atoms with Gasteiger partial charge in [-0.3, -0.25) is 9.59 Å². The van der Waals surface area contributed by atoms with E-state index in [0.717, 1.165) is 28.4 Å². The molecular weight excluding hydrogens is 502 g/mol. The second kappa shape index (κ2) is 11.8. The first-order chi connectivity index (χ1) is 17.0. The van der Waals surface area contributed by atoms with E-state index in [1.807, 2.05) is 72.6 Å². The Morgan fingerprint density at radius 1 is 0.886 bits per heavy atom. The Bertz CT molecular complexity index is 1290. The Balaban J connectivity index is 1.52. The second-order valence-electron chi connectivity index (χ2n) is 8.65. The Morgan fingerprint density at radius 2 is 1.66 bits per heavy atom. The number of hydrogen-bond acceptors (Lipinski definition) is 2. The number of nitrogens with zero attached hydrogens (tertiary/aromatic N) is 2. The van der Waals surface area contributed by atoms with E-state index in [1.54, 1.807) is 17.0 Å². The number of hydrogen-bond donors (Lipinski definition) is 1. The molecule has 0 bridgehead atoms. The van der Waals surface area contributed by atoms with Crippen molar-refractivity contribution in [2.24, 2.45) is 0 Å². The van der Waals surface area contributed by atoms with Gasteiger partial charge in [-0.05, 0) is 48.2 Å². The molecule has 1 N–H and O–H groups in total. The molecular formula is C29H30BrN3O2. The Morgan fingerprint density at radius 3 is 2.43 bits per heavy atom. The summed E-state index contributed by atoms with van der Waals surface area (Å²) in [5.74, 6) is -0.178. The van der Waals surface area contributed by atoms with E-state index >= 15 is 0 Å². The molecule has 2 amide bonds. The van der Waals surface area contributed by atoms with Crippen molar-refractivity contribution in [3.8, 4) is 0 Å². The molecule has 35 heavy (non-hydrogen) atoms. The highest BCUT2D eigenvalue weighted by atomic mass is 79.9. The maximum absolute atomic E-state index is 13.6. The fourth-order valence-electron chi connectivity index (χ4n) is 4.28. The number of fused-ring (bicyclic) bond motifs is 1. The van der Waals surface area contributed by atoms with Crippen molar-refractivity contribution < 1.29 is 9.59 Å². The zero-order chi connectivity index (χ0) is 24.6. The van der Waals surface area contributed by atoms with Gasteiger partial charge in [0.05, 0.1) is 0 Å². The van der Waals surface area contributed by atoms with Crippen LogP contribution in [0, 0.1) is 0 Å². The van der Waals surface area contributed by atoms with Gasteiger partial charge in [0.2, 0.25) is 5.91 Å². The molecule has 0 aliphatic carbocycles. The van der Waals surface area contributed by atoms with Gasteiger partial charge in [0, 0.05) is 46.8 Å². The lowest BCUT2D eigenvalue weighted by molar-refractivity contribution is -0.132. The minimum atomic E-state index is -0.127. The summed E-state index contributed by atoms with van der Waals surface area (Å²) in [7, 11) is 0. The molecule has 0 saturated carbocycles. The monoisotopic (exact) mass is 531 g/mol. The fourth-order valence-corrected chi connectivity index (χ4v) is 4.68. The number of H-pyrrole nitrogens is 1. The lowest BCUT2D eigenvalue weighted by atomic mass is 10.1. The van der Waals surface area contributed by atoms with E-state index in [4.69, 9.17) is 0 Å². The van der Waals surface area contributed by atoms with Gasteiger partial charge >= 0.3 is 0 Å². The average molecular weight is 532 g/mol. The van der Waals surface area contributed by atoms with Crippen molar-refractivity contribution in [1.29, 1.82) is 0 Å². The molecule has 4 aromatic rings. The predicted octanol–water partition coefficient (Wildman–Crippen LogP) is 6.05. The fraction of sp³-hybridized carbons (Fsp3) is 0.241. The molecule has 6 heteroatoms. The average Bonchev–Trinajstić information content (AvgIpc) is 3.29. The molecule has 0 saturated heterocycles. The SMILES string of the molecule is CCCN(CC(=O)N(CCc1c[nH]c2ccccc12)Cc1ccccc1)C(=O)c1cccc(Br)c1. The van der Waals surface area contributed by atoms with Crippen molar-refractivity contribution in [3.05, 3.63) is 106 Å². The summed E-state index contributed by atoms with van der Waals surface area (Å²) in [4.78, 5) is 33.6. The molecule has 1 aromatic heterocycles. The lowest BCUT2D eigenvalue weighted by Crippen LogP contribution is -2.43. The van der Waals surface area contributed by atoms with Gasteiger partial charge < -0.3 is 14.8 Å². The summed E-state index contributed by atoms with van der Waals surface area (Å²) < 4.78 is 0.843. The van der Waals surface area contributed by atoms with Crippen LogP contribution in [0.1, 0.15) is 34.8 Å². The quantitative estimate of drug-likeness (QED) is 0.270. The lowest BCUT2D eigenvalue weighted by Gasteiger charge is -2.28. The van der Waals surface area contributed by atoms with Crippen LogP contribution in [0.2, 0.25) is 0 Å². The molecule has 0 atom stereocenters. The molecule has 0 fully saturated rings. The maximum atomic E-state index is 13.6. The summed E-state index contributed by atoms with van der Waals surface area (Å²) >= 11 is 3.44. The highest BCUT2D eigenvalue weighted by molar-refractivity contribution is 9.10. The van der Waals surface area contributed by atoms with Gasteiger partial charge in [-0.2, -0.15) is 0 Å². The molecule has 0 spiro atoms. The third-order valence-corrected chi connectivity index (χ3v) is 6.57. The van der Waals surface area contributed by atoms with Crippen LogP contribution in [0.25, 0.3) is 10.9 Å². The van der Waals surface area contributed by atoms with Crippen molar-refractivity contribution in [1.82, 2.24) is 14.8 Å². The minimum absolute atomic E-state index is 0.0505. The first-order valence-corrected chi connectivity index (χ1v) is 12.8. The first kappa shape index (κ1) is 24.7. The van der Waals surface area contributed by atoms with Gasteiger partial charge in [0.25, 0.3) is 5.91 Å². The minimum Gasteiger partial charge on any atom is -0.361 e. The van der Waals surface area contributed by atoms with E-state index in [2.05, 4.69) is 33.0 Å². The van der Waals surface area contributed by atoms with E-state index in [-0.39, 0.29) is 18.4 Å². The number of rotatable bonds is 10. The number of aromatic amines is 1. The zero-order valence-corrected chi connectivity index (χ0v) is 21.5. The molecule has 0 aliphatic heterocycles. The smallest absolute Gasteiger partial charge is 0.254 e. The number of aromatic nitrogens is 1. The third kappa shape index (κ3) is 6.40. The van der Waals surface area contributed by atoms with Crippen LogP contribution in [0.4, 0.5) is 0 Å².